The van der Waals surface area contributed by atoms with Crippen LogP contribution in [0.4, 0.5) is 0 Å². The lowest BCUT2D eigenvalue weighted by Gasteiger charge is -2.04. The molecule has 0 fully saturated rings. The molecular formula is C18H16N2O6S. The number of hydrogen-bond donors (Lipinski definition) is 0. The molecule has 0 aromatic heterocycles. The van der Waals surface area contributed by atoms with Crippen molar-refractivity contribution in [2.24, 2.45) is 0 Å². The fourth-order valence-corrected chi connectivity index (χ4v) is 3.59. The molecule has 0 bridgehead atoms. The summed E-state index contributed by atoms with van der Waals surface area (Å²) in [6, 6.07) is 12.4. The normalized spacial score (nSPS) is 12.7. The minimum absolute atomic E-state index is 0.123. The highest BCUT2D eigenvalue weighted by Crippen LogP contribution is 2.24. The summed E-state index contributed by atoms with van der Waals surface area (Å²) in [5, 5.41) is 23.7. The van der Waals surface area contributed by atoms with Crippen LogP contribution >= 0.6 is 0 Å². The van der Waals surface area contributed by atoms with Gasteiger partial charge in [0.25, 0.3) is 11.4 Å². The number of hydrogen-bond acceptors (Lipinski definition) is 6. The molecule has 8 nitrogen and oxygen atoms in total. The van der Waals surface area contributed by atoms with Gasteiger partial charge in [0.1, 0.15) is 10.8 Å². The third kappa shape index (κ3) is 4.85. The van der Waals surface area contributed by atoms with E-state index in [0.29, 0.717) is 21.9 Å². The molecule has 0 N–H and O–H groups in total. The molecule has 2 rings (SSSR count). The van der Waals surface area contributed by atoms with Crippen LogP contribution in [0.3, 0.4) is 0 Å². The maximum atomic E-state index is 12.5. The Hall–Kier alpha value is -3.33. The van der Waals surface area contributed by atoms with Crippen molar-refractivity contribution in [3.05, 3.63) is 102 Å². The van der Waals surface area contributed by atoms with Crippen LogP contribution in [0.25, 0.3) is 11.4 Å². The number of nitrogens with zero attached hydrogens (tertiary/aromatic N) is 2. The average molecular weight is 388 g/mol. The number of nitro groups is 2. The second-order valence-electron chi connectivity index (χ2n) is 5.74. The van der Waals surface area contributed by atoms with Crippen LogP contribution in [0.5, 0.6) is 0 Å². The molecule has 140 valence electrons. The molecule has 0 saturated carbocycles. The zero-order valence-corrected chi connectivity index (χ0v) is 15.3. The monoisotopic (exact) mass is 388 g/mol. The van der Waals surface area contributed by atoms with E-state index in [1.807, 2.05) is 0 Å². The lowest BCUT2D eigenvalue weighted by Crippen LogP contribution is -2.06. The maximum Gasteiger partial charge on any atom is 0.288 e. The van der Waals surface area contributed by atoms with Gasteiger partial charge >= 0.3 is 0 Å². The van der Waals surface area contributed by atoms with E-state index < -0.39 is 31.1 Å². The highest BCUT2D eigenvalue weighted by Gasteiger charge is 2.25. The summed E-state index contributed by atoms with van der Waals surface area (Å²) >= 11 is 0. The molecule has 0 atom stereocenters. The zero-order valence-electron chi connectivity index (χ0n) is 14.5. The highest BCUT2D eigenvalue weighted by atomic mass is 32.2. The molecule has 0 aliphatic heterocycles. The van der Waals surface area contributed by atoms with Crippen molar-refractivity contribution in [3.63, 3.8) is 0 Å². The standard InChI is InChI=1S/C18H16N2O6S/c1-13-7-3-5-9-15(13)17(19(21)22)11-27(25,26)12-18(20(23)24)16-10-6-4-8-14(16)2/h3-12H,1-2H3. The van der Waals surface area contributed by atoms with Crippen molar-refractivity contribution in [3.8, 4) is 0 Å². The predicted octanol–water partition coefficient (Wildman–Crippen LogP) is 3.57. The second-order valence-corrected chi connectivity index (χ2v) is 7.39. The number of rotatable bonds is 6. The largest absolute Gasteiger partial charge is 0.288 e. The maximum absolute atomic E-state index is 12.5. The predicted molar refractivity (Wildman–Crippen MR) is 101 cm³/mol. The minimum atomic E-state index is -4.41. The first-order valence-corrected chi connectivity index (χ1v) is 9.32. The molecule has 0 aliphatic carbocycles. The molecular weight excluding hydrogens is 372 g/mol. The van der Waals surface area contributed by atoms with Gasteiger partial charge in [-0.2, -0.15) is 0 Å². The van der Waals surface area contributed by atoms with Crippen LogP contribution in [-0.2, 0) is 9.84 Å². The second kappa shape index (κ2) is 7.92. The summed E-state index contributed by atoms with van der Waals surface area (Å²) in [4.78, 5) is 21.1. The van der Waals surface area contributed by atoms with E-state index in [-0.39, 0.29) is 11.1 Å². The third-order valence-corrected chi connectivity index (χ3v) is 4.89. The van der Waals surface area contributed by atoms with Gasteiger partial charge in [0, 0.05) is 0 Å². The van der Waals surface area contributed by atoms with E-state index in [2.05, 4.69) is 0 Å². The first-order valence-electron chi connectivity index (χ1n) is 7.71. The molecule has 0 unspecified atom stereocenters. The molecule has 0 saturated heterocycles. The zero-order chi connectivity index (χ0) is 20.2. The Balaban J connectivity index is 2.64. The van der Waals surface area contributed by atoms with Gasteiger partial charge in [0.2, 0.25) is 9.84 Å². The summed E-state index contributed by atoms with van der Waals surface area (Å²) in [6.07, 6.45) is 0. The fourth-order valence-electron chi connectivity index (χ4n) is 2.48. The van der Waals surface area contributed by atoms with Crippen molar-refractivity contribution >= 4 is 21.2 Å². The topological polar surface area (TPSA) is 120 Å². The number of sulfone groups is 1. The van der Waals surface area contributed by atoms with Crippen LogP contribution in [0, 0.1) is 34.1 Å². The van der Waals surface area contributed by atoms with Crippen LogP contribution in [0.1, 0.15) is 22.3 Å². The summed E-state index contributed by atoms with van der Waals surface area (Å²) in [5.74, 6) is 0. The molecule has 0 aliphatic rings. The summed E-state index contributed by atoms with van der Waals surface area (Å²) < 4.78 is 24.9. The Morgan fingerprint density at radius 2 is 1.11 bits per heavy atom. The van der Waals surface area contributed by atoms with E-state index >= 15 is 0 Å². The molecule has 2 aromatic rings. The Morgan fingerprint density at radius 3 is 1.41 bits per heavy atom. The Morgan fingerprint density at radius 1 is 0.778 bits per heavy atom. The molecule has 0 radical (unpaired) electrons. The van der Waals surface area contributed by atoms with Crippen molar-refractivity contribution in [2.45, 2.75) is 13.8 Å². The number of benzene rings is 2. The first kappa shape index (κ1) is 20.0. The van der Waals surface area contributed by atoms with Gasteiger partial charge in [-0.1, -0.05) is 36.4 Å². The fraction of sp³-hybridized carbons (Fsp3) is 0.111. The number of aryl methyl sites for hydroxylation is 2. The van der Waals surface area contributed by atoms with Gasteiger partial charge in [-0.25, -0.2) is 8.42 Å². The van der Waals surface area contributed by atoms with Crippen molar-refractivity contribution in [1.82, 2.24) is 0 Å². The van der Waals surface area contributed by atoms with Crippen LogP contribution in [0.2, 0.25) is 0 Å². The lowest BCUT2D eigenvalue weighted by molar-refractivity contribution is -0.375. The van der Waals surface area contributed by atoms with Gasteiger partial charge in [0.05, 0.1) is 21.0 Å². The van der Waals surface area contributed by atoms with Gasteiger partial charge in [-0.3, -0.25) is 20.2 Å². The SMILES string of the molecule is Cc1ccccc1C(=CS(=O)(=O)C=C(c1ccccc1C)[N+](=O)[O-])[N+](=O)[O-]. The molecule has 0 amide bonds. The average Bonchev–Trinajstić information content (AvgIpc) is 2.59. The minimum Gasteiger partial charge on any atom is -0.258 e. The Kier molecular flexibility index (Phi) is 5.86. The van der Waals surface area contributed by atoms with E-state index in [1.54, 1.807) is 38.1 Å². The summed E-state index contributed by atoms with van der Waals surface area (Å²) in [6.45, 7) is 3.20. The molecule has 2 aromatic carbocycles. The molecule has 0 spiro atoms. The van der Waals surface area contributed by atoms with Crippen LogP contribution in [-0.4, -0.2) is 18.3 Å². The molecule has 0 heterocycles. The smallest absolute Gasteiger partial charge is 0.258 e. The quantitative estimate of drug-likeness (QED) is 0.551. The van der Waals surface area contributed by atoms with E-state index in [9.17, 15) is 28.6 Å². The van der Waals surface area contributed by atoms with Gasteiger partial charge in [0.15, 0.2) is 0 Å². The Labute approximate surface area is 155 Å². The van der Waals surface area contributed by atoms with Crippen LogP contribution in [0.15, 0.2) is 59.3 Å². The van der Waals surface area contributed by atoms with Gasteiger partial charge in [-0.15, -0.1) is 0 Å². The van der Waals surface area contributed by atoms with Crippen molar-refractivity contribution in [2.75, 3.05) is 0 Å². The van der Waals surface area contributed by atoms with E-state index in [1.165, 1.54) is 24.3 Å². The lowest BCUT2D eigenvalue weighted by atomic mass is 10.1. The molecule has 9 heteroatoms. The van der Waals surface area contributed by atoms with Gasteiger partial charge in [-0.05, 0) is 37.1 Å². The van der Waals surface area contributed by atoms with Crippen molar-refractivity contribution < 1.29 is 18.3 Å². The molecule has 27 heavy (non-hydrogen) atoms. The summed E-state index contributed by atoms with van der Waals surface area (Å²) in [5.41, 5.74) is -0.0502. The third-order valence-electron chi connectivity index (χ3n) is 3.79. The van der Waals surface area contributed by atoms with E-state index in [4.69, 9.17) is 0 Å². The van der Waals surface area contributed by atoms with Gasteiger partial charge < -0.3 is 0 Å². The highest BCUT2D eigenvalue weighted by molar-refractivity contribution is 7.97. The first-order chi connectivity index (χ1) is 12.6. The Bertz CT molecular complexity index is 991. The van der Waals surface area contributed by atoms with Crippen molar-refractivity contribution in [1.29, 1.82) is 0 Å². The van der Waals surface area contributed by atoms with E-state index in [0.717, 1.165) is 0 Å². The summed E-state index contributed by atoms with van der Waals surface area (Å²) in [7, 11) is -4.41. The van der Waals surface area contributed by atoms with Crippen LogP contribution < -0.4 is 0 Å².